The van der Waals surface area contributed by atoms with Crippen LogP contribution in [-0.2, 0) is 10.2 Å². The second-order valence-electron chi connectivity index (χ2n) is 3.29. The van der Waals surface area contributed by atoms with Crippen LogP contribution in [-0.4, -0.2) is 13.6 Å². The van der Waals surface area contributed by atoms with Crippen LogP contribution in [0.5, 0.6) is 0 Å². The molecular weight excluding hydrogens is 233 g/mol. The molecule has 6 heteroatoms. The standard InChI is InChI=1S/C10H8FNO3S/c1-7-6-10(15-12-7)8-2-4-9(5-3-8)16(11,13)14/h2-6H,1H3. The lowest BCUT2D eigenvalue weighted by Gasteiger charge is -1.96. The molecule has 0 N–H and O–H groups in total. The van der Waals surface area contributed by atoms with Crippen LogP contribution in [0.1, 0.15) is 5.69 Å². The Hall–Kier alpha value is -1.69. The van der Waals surface area contributed by atoms with Crippen molar-refractivity contribution in [3.8, 4) is 11.3 Å². The fourth-order valence-corrected chi connectivity index (χ4v) is 1.74. The number of hydrogen-bond donors (Lipinski definition) is 0. The summed E-state index contributed by atoms with van der Waals surface area (Å²) in [6.45, 7) is 1.77. The van der Waals surface area contributed by atoms with Gasteiger partial charge in [0.1, 0.15) is 0 Å². The van der Waals surface area contributed by atoms with E-state index in [1.54, 1.807) is 13.0 Å². The van der Waals surface area contributed by atoms with Gasteiger partial charge in [0.25, 0.3) is 0 Å². The Morgan fingerprint density at radius 1 is 1.25 bits per heavy atom. The SMILES string of the molecule is Cc1cc(-c2ccc(S(=O)(=O)F)cc2)on1. The van der Waals surface area contributed by atoms with Gasteiger partial charge in [0.2, 0.25) is 0 Å². The number of hydrogen-bond acceptors (Lipinski definition) is 4. The summed E-state index contributed by atoms with van der Waals surface area (Å²) in [6.07, 6.45) is 0. The molecule has 0 fully saturated rings. The van der Waals surface area contributed by atoms with E-state index in [0.717, 1.165) is 5.69 Å². The van der Waals surface area contributed by atoms with Crippen molar-refractivity contribution in [2.45, 2.75) is 11.8 Å². The van der Waals surface area contributed by atoms with E-state index < -0.39 is 10.2 Å². The first-order valence-corrected chi connectivity index (χ1v) is 5.83. The summed E-state index contributed by atoms with van der Waals surface area (Å²) in [7, 11) is -4.64. The van der Waals surface area contributed by atoms with Crippen molar-refractivity contribution >= 4 is 10.2 Å². The van der Waals surface area contributed by atoms with Crippen LogP contribution in [0.2, 0.25) is 0 Å². The molecule has 0 bridgehead atoms. The maximum atomic E-state index is 12.6. The summed E-state index contributed by atoms with van der Waals surface area (Å²) in [4.78, 5) is -0.368. The smallest absolute Gasteiger partial charge is 0.332 e. The average Bonchev–Trinajstić information content (AvgIpc) is 2.64. The van der Waals surface area contributed by atoms with Crippen molar-refractivity contribution in [2.24, 2.45) is 0 Å². The fourth-order valence-electron chi connectivity index (χ4n) is 1.28. The van der Waals surface area contributed by atoms with Gasteiger partial charge in [-0.3, -0.25) is 0 Å². The van der Waals surface area contributed by atoms with Crippen molar-refractivity contribution in [1.82, 2.24) is 5.16 Å². The third-order valence-electron chi connectivity index (χ3n) is 2.05. The molecule has 2 rings (SSSR count). The normalized spacial score (nSPS) is 11.6. The van der Waals surface area contributed by atoms with Gasteiger partial charge in [-0.05, 0) is 31.2 Å². The Balaban J connectivity index is 2.40. The van der Waals surface area contributed by atoms with Crippen molar-refractivity contribution in [2.75, 3.05) is 0 Å². The molecule has 0 amide bonds. The van der Waals surface area contributed by atoms with Gasteiger partial charge in [-0.15, -0.1) is 3.89 Å². The minimum absolute atomic E-state index is 0.368. The summed E-state index contributed by atoms with van der Waals surface area (Å²) in [5, 5.41) is 3.70. The zero-order valence-electron chi connectivity index (χ0n) is 8.34. The van der Waals surface area contributed by atoms with Crippen LogP contribution in [0, 0.1) is 6.92 Å². The van der Waals surface area contributed by atoms with Crippen molar-refractivity contribution in [3.05, 3.63) is 36.0 Å². The monoisotopic (exact) mass is 241 g/mol. The first-order valence-electron chi connectivity index (χ1n) is 4.45. The predicted molar refractivity (Wildman–Crippen MR) is 55.0 cm³/mol. The maximum Gasteiger partial charge on any atom is 0.332 e. The van der Waals surface area contributed by atoms with Crippen LogP contribution in [0.15, 0.2) is 39.8 Å². The summed E-state index contributed by atoms with van der Waals surface area (Å²) in [5.41, 5.74) is 1.37. The van der Waals surface area contributed by atoms with E-state index in [2.05, 4.69) is 5.16 Å². The Labute approximate surface area is 91.9 Å². The summed E-state index contributed by atoms with van der Waals surface area (Å²) in [5.74, 6) is 0.514. The molecule has 0 atom stereocenters. The lowest BCUT2D eigenvalue weighted by molar-refractivity contribution is 0.427. The van der Waals surface area contributed by atoms with Gasteiger partial charge in [0.15, 0.2) is 5.76 Å². The van der Waals surface area contributed by atoms with Crippen molar-refractivity contribution in [1.29, 1.82) is 0 Å². The van der Waals surface area contributed by atoms with E-state index >= 15 is 0 Å². The molecule has 2 aromatic rings. The van der Waals surface area contributed by atoms with Gasteiger partial charge in [-0.1, -0.05) is 5.16 Å². The predicted octanol–water partition coefficient (Wildman–Crippen LogP) is 2.31. The molecule has 0 radical (unpaired) electrons. The molecule has 0 saturated carbocycles. The minimum atomic E-state index is -4.64. The lowest BCUT2D eigenvalue weighted by atomic mass is 10.2. The number of rotatable bonds is 2. The largest absolute Gasteiger partial charge is 0.356 e. The van der Waals surface area contributed by atoms with Gasteiger partial charge in [0.05, 0.1) is 10.6 Å². The topological polar surface area (TPSA) is 60.2 Å². The zero-order chi connectivity index (χ0) is 11.8. The van der Waals surface area contributed by atoms with Gasteiger partial charge >= 0.3 is 10.2 Å². The van der Waals surface area contributed by atoms with E-state index in [1.807, 2.05) is 0 Å². The van der Waals surface area contributed by atoms with Crippen LogP contribution in [0.4, 0.5) is 3.89 Å². The summed E-state index contributed by atoms with van der Waals surface area (Å²) in [6, 6.07) is 7.00. The highest BCUT2D eigenvalue weighted by Gasteiger charge is 2.12. The Morgan fingerprint density at radius 3 is 2.31 bits per heavy atom. The van der Waals surface area contributed by atoms with E-state index in [1.165, 1.54) is 24.3 Å². The highest BCUT2D eigenvalue weighted by molar-refractivity contribution is 7.86. The van der Waals surface area contributed by atoms with E-state index in [-0.39, 0.29) is 4.90 Å². The summed E-state index contributed by atoms with van der Waals surface area (Å²) >= 11 is 0. The molecular formula is C10H8FNO3S. The average molecular weight is 241 g/mol. The number of aryl methyl sites for hydroxylation is 1. The van der Waals surface area contributed by atoms with Gasteiger partial charge < -0.3 is 4.52 Å². The van der Waals surface area contributed by atoms with Crippen LogP contribution in [0.3, 0.4) is 0 Å². The van der Waals surface area contributed by atoms with Gasteiger partial charge in [0, 0.05) is 11.6 Å². The van der Waals surface area contributed by atoms with Crippen molar-refractivity contribution < 1.29 is 16.8 Å². The third-order valence-corrected chi connectivity index (χ3v) is 2.88. The molecule has 0 spiro atoms. The minimum Gasteiger partial charge on any atom is -0.356 e. The lowest BCUT2D eigenvalue weighted by Crippen LogP contribution is -1.90. The van der Waals surface area contributed by atoms with E-state index in [0.29, 0.717) is 11.3 Å². The molecule has 1 heterocycles. The van der Waals surface area contributed by atoms with Crippen LogP contribution in [0.25, 0.3) is 11.3 Å². The third kappa shape index (κ3) is 2.11. The first-order chi connectivity index (χ1) is 7.47. The summed E-state index contributed by atoms with van der Waals surface area (Å²) < 4.78 is 38.7. The second-order valence-corrected chi connectivity index (χ2v) is 4.64. The molecule has 84 valence electrons. The highest BCUT2D eigenvalue weighted by atomic mass is 32.3. The molecule has 0 aliphatic rings. The number of aromatic nitrogens is 1. The molecule has 1 aromatic heterocycles. The molecule has 0 saturated heterocycles. The van der Waals surface area contributed by atoms with Crippen LogP contribution < -0.4 is 0 Å². The number of benzene rings is 1. The molecule has 0 aliphatic carbocycles. The molecule has 0 unspecified atom stereocenters. The molecule has 0 aliphatic heterocycles. The number of nitrogens with zero attached hydrogens (tertiary/aromatic N) is 1. The maximum absolute atomic E-state index is 12.6. The van der Waals surface area contributed by atoms with Crippen LogP contribution >= 0.6 is 0 Å². The van der Waals surface area contributed by atoms with Gasteiger partial charge in [-0.2, -0.15) is 8.42 Å². The fraction of sp³-hybridized carbons (Fsp3) is 0.100. The first kappa shape index (κ1) is 10.8. The number of halogens is 1. The Bertz CT molecular complexity index is 601. The zero-order valence-corrected chi connectivity index (χ0v) is 9.16. The Morgan fingerprint density at radius 2 is 1.88 bits per heavy atom. The van der Waals surface area contributed by atoms with Crippen molar-refractivity contribution in [3.63, 3.8) is 0 Å². The molecule has 4 nitrogen and oxygen atoms in total. The highest BCUT2D eigenvalue weighted by Crippen LogP contribution is 2.22. The molecule has 16 heavy (non-hydrogen) atoms. The van der Waals surface area contributed by atoms with E-state index in [9.17, 15) is 12.3 Å². The Kier molecular flexibility index (Phi) is 2.51. The van der Waals surface area contributed by atoms with Gasteiger partial charge in [-0.25, -0.2) is 0 Å². The second kappa shape index (κ2) is 3.71. The quantitative estimate of drug-likeness (QED) is 0.757. The van der Waals surface area contributed by atoms with E-state index in [4.69, 9.17) is 4.52 Å². The molecule has 1 aromatic carbocycles.